The number of carbonyl (C=O) groups excluding carboxylic acids is 1. The molecule has 0 saturated heterocycles. The number of allylic oxidation sites excluding steroid dienone is 4. The predicted octanol–water partition coefficient (Wildman–Crippen LogP) is 5.49. The van der Waals surface area contributed by atoms with Gasteiger partial charge in [0.05, 0.1) is 0 Å². The van der Waals surface area contributed by atoms with Gasteiger partial charge in [-0.25, -0.2) is 0 Å². The summed E-state index contributed by atoms with van der Waals surface area (Å²) in [4.78, 5) is 11.7. The lowest BCUT2D eigenvalue weighted by Gasteiger charge is -2.57. The Balaban J connectivity index is 2.33. The zero-order valence-electron chi connectivity index (χ0n) is 14.0. The first-order chi connectivity index (χ1) is 9.87. The molecule has 21 heavy (non-hydrogen) atoms. The van der Waals surface area contributed by atoms with Crippen LogP contribution in [0.15, 0.2) is 36.5 Å². The van der Waals surface area contributed by atoms with E-state index >= 15 is 0 Å². The van der Waals surface area contributed by atoms with Gasteiger partial charge in [-0.3, -0.25) is 0 Å². The number of rotatable bonds is 4. The molecule has 0 heterocycles. The van der Waals surface area contributed by atoms with Crippen LogP contribution in [0.2, 0.25) is 0 Å². The molecule has 2 rings (SSSR count). The molecule has 0 unspecified atom stereocenters. The van der Waals surface area contributed by atoms with Gasteiger partial charge in [0, 0.05) is 5.41 Å². The van der Waals surface area contributed by atoms with Crippen molar-refractivity contribution < 1.29 is 4.79 Å². The summed E-state index contributed by atoms with van der Waals surface area (Å²) in [6.07, 6.45) is 12.1. The van der Waals surface area contributed by atoms with Crippen molar-refractivity contribution in [3.05, 3.63) is 36.5 Å². The molecule has 0 aliphatic heterocycles. The number of hydrogen-bond donors (Lipinski definition) is 0. The van der Waals surface area contributed by atoms with E-state index < -0.39 is 0 Å². The number of carbonyl (C=O) groups is 1. The highest BCUT2D eigenvalue weighted by Crippen LogP contribution is 2.61. The molecule has 4 atom stereocenters. The Morgan fingerprint density at radius 3 is 2.71 bits per heavy atom. The summed E-state index contributed by atoms with van der Waals surface area (Å²) < 4.78 is 0. The third-order valence-electron chi connectivity index (χ3n) is 6.33. The maximum atomic E-state index is 11.7. The molecule has 0 aromatic rings. The maximum Gasteiger partial charge on any atom is 0.126 e. The van der Waals surface area contributed by atoms with E-state index in [9.17, 15) is 4.79 Å². The van der Waals surface area contributed by atoms with Crippen molar-refractivity contribution in [3.63, 3.8) is 0 Å². The third kappa shape index (κ3) is 2.80. The molecule has 2 saturated carbocycles. The molecule has 0 bridgehead atoms. The van der Waals surface area contributed by atoms with Gasteiger partial charge in [0.25, 0.3) is 0 Å². The van der Waals surface area contributed by atoms with Gasteiger partial charge in [0.15, 0.2) is 0 Å². The number of hydrogen-bond acceptors (Lipinski definition) is 1. The van der Waals surface area contributed by atoms with Gasteiger partial charge >= 0.3 is 0 Å². The Morgan fingerprint density at radius 2 is 2.10 bits per heavy atom. The van der Waals surface area contributed by atoms with Gasteiger partial charge in [-0.15, -0.1) is 0 Å². The highest BCUT2D eigenvalue weighted by Gasteiger charge is 2.54. The van der Waals surface area contributed by atoms with Crippen LogP contribution in [0.1, 0.15) is 59.3 Å². The lowest BCUT2D eigenvalue weighted by Crippen LogP contribution is -2.51. The highest BCUT2D eigenvalue weighted by atomic mass is 16.1. The molecule has 0 aromatic carbocycles. The van der Waals surface area contributed by atoms with Gasteiger partial charge in [-0.05, 0) is 56.3 Å². The van der Waals surface area contributed by atoms with Crippen molar-refractivity contribution in [2.24, 2.45) is 22.7 Å². The quantitative estimate of drug-likeness (QED) is 0.379. The van der Waals surface area contributed by atoms with Crippen LogP contribution in [0.5, 0.6) is 0 Å². The summed E-state index contributed by atoms with van der Waals surface area (Å²) in [6, 6.07) is 0. The van der Waals surface area contributed by atoms with Crippen LogP contribution >= 0.6 is 0 Å². The zero-order valence-corrected chi connectivity index (χ0v) is 14.0. The van der Waals surface area contributed by atoms with Crippen LogP contribution in [-0.2, 0) is 4.79 Å². The molecule has 0 N–H and O–H groups in total. The fourth-order valence-electron chi connectivity index (χ4n) is 4.96. The van der Waals surface area contributed by atoms with E-state index in [1.165, 1.54) is 23.9 Å². The van der Waals surface area contributed by atoms with E-state index in [1.54, 1.807) is 0 Å². The minimum atomic E-state index is -0.136. The van der Waals surface area contributed by atoms with Gasteiger partial charge in [0.1, 0.15) is 6.29 Å². The van der Waals surface area contributed by atoms with Crippen molar-refractivity contribution >= 4 is 6.29 Å². The summed E-state index contributed by atoms with van der Waals surface area (Å²) in [6.45, 7) is 14.9. The fraction of sp³-hybridized carbons (Fsp3) is 0.650. The van der Waals surface area contributed by atoms with Crippen LogP contribution in [0.3, 0.4) is 0 Å². The third-order valence-corrected chi connectivity index (χ3v) is 6.33. The molecule has 2 fully saturated rings. The number of fused-ring (bicyclic) bond motifs is 1. The molecule has 116 valence electrons. The first kappa shape index (κ1) is 16.3. The smallest absolute Gasteiger partial charge is 0.126 e. The topological polar surface area (TPSA) is 17.1 Å². The fourth-order valence-corrected chi connectivity index (χ4v) is 4.96. The summed E-state index contributed by atoms with van der Waals surface area (Å²) in [5.41, 5.74) is 2.71. The molecular weight excluding hydrogens is 256 g/mol. The Kier molecular flexibility index (Phi) is 4.60. The summed E-state index contributed by atoms with van der Waals surface area (Å²) in [5, 5.41) is 0. The van der Waals surface area contributed by atoms with E-state index in [4.69, 9.17) is 0 Å². The standard InChI is InChI=1S/C20H30O/c1-6-15(2)8-10-17-16(3)9-11-18-19(4,14-21)12-7-13-20(17,18)5/h6,8,14,17-18H,1,3,7,9-13H2,2,4-5H3/b15-8+/t17-,18+,19+,20+/m0/s1. The average Bonchev–Trinajstić information content (AvgIpc) is 2.45. The Bertz CT molecular complexity index is 472. The van der Waals surface area contributed by atoms with E-state index in [2.05, 4.69) is 40.0 Å². The lowest BCUT2D eigenvalue weighted by atomic mass is 9.47. The summed E-state index contributed by atoms with van der Waals surface area (Å²) >= 11 is 0. The van der Waals surface area contributed by atoms with Gasteiger partial charge in [-0.2, -0.15) is 0 Å². The molecule has 1 heteroatoms. The van der Waals surface area contributed by atoms with Crippen LogP contribution in [0, 0.1) is 22.7 Å². The minimum absolute atomic E-state index is 0.136. The number of aldehydes is 1. The molecule has 1 nitrogen and oxygen atoms in total. The average molecular weight is 286 g/mol. The predicted molar refractivity (Wildman–Crippen MR) is 90.1 cm³/mol. The maximum absolute atomic E-state index is 11.7. The van der Waals surface area contributed by atoms with Gasteiger partial charge in [-0.1, -0.05) is 56.7 Å². The van der Waals surface area contributed by atoms with E-state index in [0.29, 0.717) is 11.8 Å². The van der Waals surface area contributed by atoms with Gasteiger partial charge in [0.2, 0.25) is 0 Å². The second kappa shape index (κ2) is 5.94. The van der Waals surface area contributed by atoms with Crippen LogP contribution < -0.4 is 0 Å². The minimum Gasteiger partial charge on any atom is -0.303 e. The van der Waals surface area contributed by atoms with Crippen molar-refractivity contribution in [3.8, 4) is 0 Å². The molecule has 0 amide bonds. The Hall–Kier alpha value is -1.11. The molecule has 0 radical (unpaired) electrons. The van der Waals surface area contributed by atoms with Crippen LogP contribution in [0.4, 0.5) is 0 Å². The largest absolute Gasteiger partial charge is 0.303 e. The summed E-state index contributed by atoms with van der Waals surface area (Å²) in [7, 11) is 0. The lowest BCUT2D eigenvalue weighted by molar-refractivity contribution is -0.130. The zero-order chi connectivity index (χ0) is 15.7. The molecular formula is C20H30O. The van der Waals surface area contributed by atoms with E-state index in [0.717, 1.165) is 32.1 Å². The molecule has 0 spiro atoms. The van der Waals surface area contributed by atoms with Crippen LogP contribution in [-0.4, -0.2) is 6.29 Å². The van der Waals surface area contributed by atoms with Crippen LogP contribution in [0.25, 0.3) is 0 Å². The van der Waals surface area contributed by atoms with Crippen molar-refractivity contribution in [2.45, 2.75) is 59.3 Å². The van der Waals surface area contributed by atoms with E-state index in [1.807, 2.05) is 6.08 Å². The van der Waals surface area contributed by atoms with Gasteiger partial charge < -0.3 is 4.79 Å². The first-order valence-electron chi connectivity index (χ1n) is 8.30. The SMILES string of the molecule is C=C/C(C)=C/C[C@H]1C(=C)CC[C@H]2[C@]1(C)CCC[C@]2(C)C=O. The van der Waals surface area contributed by atoms with Crippen molar-refractivity contribution in [1.29, 1.82) is 0 Å². The Labute approximate surface area is 130 Å². The molecule has 2 aliphatic rings. The second-order valence-corrected chi connectivity index (χ2v) is 7.67. The highest BCUT2D eigenvalue weighted by molar-refractivity contribution is 5.60. The van der Waals surface area contributed by atoms with Crippen molar-refractivity contribution in [2.75, 3.05) is 0 Å². The monoisotopic (exact) mass is 286 g/mol. The second-order valence-electron chi connectivity index (χ2n) is 7.67. The molecule has 0 aromatic heterocycles. The first-order valence-corrected chi connectivity index (χ1v) is 8.30. The Morgan fingerprint density at radius 1 is 1.38 bits per heavy atom. The normalized spacial score (nSPS) is 40.5. The summed E-state index contributed by atoms with van der Waals surface area (Å²) in [5.74, 6) is 1.01. The van der Waals surface area contributed by atoms with E-state index in [-0.39, 0.29) is 10.8 Å². The molecule has 2 aliphatic carbocycles. The van der Waals surface area contributed by atoms with Crippen molar-refractivity contribution in [1.82, 2.24) is 0 Å².